The van der Waals surface area contributed by atoms with Crippen LogP contribution < -0.4 is 21.6 Å². The predicted octanol–water partition coefficient (Wildman–Crippen LogP) is 3.66. The van der Waals surface area contributed by atoms with Gasteiger partial charge in [0.25, 0.3) is 0 Å². The van der Waals surface area contributed by atoms with E-state index in [9.17, 15) is 9.59 Å². The molecule has 3 N–H and O–H groups in total. The molecule has 1 aliphatic heterocycles. The Morgan fingerprint density at radius 3 is 2.87 bits per heavy atom. The number of hydrogen-bond acceptors (Lipinski definition) is 6. The van der Waals surface area contributed by atoms with E-state index in [1.807, 2.05) is 36.4 Å². The molecule has 2 heterocycles. The lowest BCUT2D eigenvalue weighted by molar-refractivity contribution is -0.116. The quantitative estimate of drug-likeness (QED) is 0.580. The highest BCUT2D eigenvalue weighted by molar-refractivity contribution is 5.96. The van der Waals surface area contributed by atoms with Gasteiger partial charge >= 0.3 is 11.6 Å². The molecule has 0 aliphatic carbocycles. The smallest absolute Gasteiger partial charge is 0.348 e. The van der Waals surface area contributed by atoms with Gasteiger partial charge in [0.1, 0.15) is 0 Å². The fourth-order valence-corrected chi connectivity index (χ4v) is 3.65. The number of carbonyl (C=O) groups excluding carboxylic acids is 1. The molecule has 1 amide bonds. The van der Waals surface area contributed by atoms with Crippen LogP contribution in [0.1, 0.15) is 30.4 Å². The van der Waals surface area contributed by atoms with E-state index < -0.39 is 5.63 Å². The number of rotatable bonds is 6. The van der Waals surface area contributed by atoms with Crippen LogP contribution in [-0.2, 0) is 4.79 Å². The van der Waals surface area contributed by atoms with Gasteiger partial charge in [-0.1, -0.05) is 30.3 Å². The molecule has 1 aromatic heterocycles. The largest absolute Gasteiger partial charge is 0.388 e. The minimum absolute atomic E-state index is 0.0708. The molecule has 1 saturated heterocycles. The van der Waals surface area contributed by atoms with Crippen molar-refractivity contribution in [1.82, 2.24) is 10.3 Å². The van der Waals surface area contributed by atoms with Gasteiger partial charge in [-0.2, -0.15) is 4.98 Å². The summed E-state index contributed by atoms with van der Waals surface area (Å²) >= 11 is 0. The molecular weight excluding hydrogens is 380 g/mol. The maximum atomic E-state index is 12.6. The van der Waals surface area contributed by atoms with Crippen LogP contribution in [-0.4, -0.2) is 23.5 Å². The van der Waals surface area contributed by atoms with Crippen LogP contribution in [0, 0.1) is 6.92 Å². The van der Waals surface area contributed by atoms with Gasteiger partial charge in [0.2, 0.25) is 5.91 Å². The number of anilines is 2. The van der Waals surface area contributed by atoms with Crippen molar-refractivity contribution in [2.45, 2.75) is 32.2 Å². The van der Waals surface area contributed by atoms with Crippen LogP contribution in [0.15, 0.2) is 57.9 Å². The second-order valence-electron chi connectivity index (χ2n) is 7.37. The van der Waals surface area contributed by atoms with Gasteiger partial charge < -0.3 is 20.4 Å². The van der Waals surface area contributed by atoms with E-state index in [4.69, 9.17) is 4.42 Å². The molecule has 1 unspecified atom stereocenters. The number of aryl methyl sites for hydroxylation is 1. The Kier molecular flexibility index (Phi) is 5.90. The lowest BCUT2D eigenvalue weighted by Gasteiger charge is -2.13. The van der Waals surface area contributed by atoms with Crippen molar-refractivity contribution in [3.05, 3.63) is 70.2 Å². The Balaban J connectivity index is 1.51. The average Bonchev–Trinajstić information content (AvgIpc) is 3.23. The number of benzene rings is 2. The topological polar surface area (TPSA) is 96.3 Å². The molecule has 4 rings (SSSR count). The zero-order valence-electron chi connectivity index (χ0n) is 16.8. The van der Waals surface area contributed by atoms with E-state index in [2.05, 4.69) is 20.9 Å². The summed E-state index contributed by atoms with van der Waals surface area (Å²) < 4.78 is 5.33. The zero-order valence-corrected chi connectivity index (χ0v) is 16.8. The van der Waals surface area contributed by atoms with Crippen molar-refractivity contribution in [2.75, 3.05) is 17.2 Å². The van der Waals surface area contributed by atoms with Gasteiger partial charge in [0, 0.05) is 24.4 Å². The summed E-state index contributed by atoms with van der Waals surface area (Å²) in [5.41, 5.74) is 2.27. The third-order valence-corrected chi connectivity index (χ3v) is 5.21. The lowest BCUT2D eigenvalue weighted by atomic mass is 10.1. The maximum Gasteiger partial charge on any atom is 0.348 e. The number of carbonyl (C=O) groups is 1. The standard InChI is InChI=1S/C23H24N4O3/c1-15-18(26-20(28)14-17-8-5-12-24-17)9-10-19-21(15)22(29)30-23(27-19)25-13-11-16-6-3-2-4-7-16/h2-4,6-7,9-11,13,17,24H,5,8,12,14H2,1H3,(H,25,27)(H,26,28). The first-order chi connectivity index (χ1) is 14.6. The van der Waals surface area contributed by atoms with Crippen molar-refractivity contribution >= 4 is 34.6 Å². The Labute approximate surface area is 174 Å². The Morgan fingerprint density at radius 2 is 2.10 bits per heavy atom. The molecule has 0 spiro atoms. The first-order valence-corrected chi connectivity index (χ1v) is 10.1. The molecule has 1 fully saturated rings. The molecule has 30 heavy (non-hydrogen) atoms. The second-order valence-corrected chi connectivity index (χ2v) is 7.37. The highest BCUT2D eigenvalue weighted by atomic mass is 16.4. The molecule has 0 saturated carbocycles. The molecule has 1 atom stereocenters. The summed E-state index contributed by atoms with van der Waals surface area (Å²) in [6.07, 6.45) is 6.05. The summed E-state index contributed by atoms with van der Waals surface area (Å²) in [5, 5.41) is 9.48. The number of amides is 1. The number of nitrogens with one attached hydrogen (secondary N) is 3. The third-order valence-electron chi connectivity index (χ3n) is 5.21. The highest BCUT2D eigenvalue weighted by Crippen LogP contribution is 2.23. The van der Waals surface area contributed by atoms with E-state index in [0.29, 0.717) is 28.6 Å². The number of fused-ring (bicyclic) bond motifs is 1. The molecular formula is C23H24N4O3. The Bertz CT molecular complexity index is 1130. The number of aromatic nitrogens is 1. The minimum Gasteiger partial charge on any atom is -0.388 e. The second kappa shape index (κ2) is 8.92. The monoisotopic (exact) mass is 404 g/mol. The average molecular weight is 404 g/mol. The fourth-order valence-electron chi connectivity index (χ4n) is 3.65. The van der Waals surface area contributed by atoms with Crippen LogP contribution in [0.4, 0.5) is 11.7 Å². The summed E-state index contributed by atoms with van der Waals surface area (Å²) in [7, 11) is 0. The molecule has 3 aromatic rings. The fraction of sp³-hybridized carbons (Fsp3) is 0.261. The normalized spacial score (nSPS) is 16.2. The molecule has 0 bridgehead atoms. The summed E-state index contributed by atoms with van der Waals surface area (Å²) in [4.78, 5) is 29.3. The van der Waals surface area contributed by atoms with Gasteiger partial charge in [-0.3, -0.25) is 4.79 Å². The van der Waals surface area contributed by atoms with Gasteiger partial charge in [-0.15, -0.1) is 0 Å². The lowest BCUT2D eigenvalue weighted by Crippen LogP contribution is -2.27. The Hall–Kier alpha value is -3.45. The van der Waals surface area contributed by atoms with E-state index in [1.54, 1.807) is 25.3 Å². The van der Waals surface area contributed by atoms with Crippen LogP contribution >= 0.6 is 0 Å². The molecule has 7 heteroatoms. The van der Waals surface area contributed by atoms with Crippen LogP contribution in [0.25, 0.3) is 17.0 Å². The van der Waals surface area contributed by atoms with Crippen molar-refractivity contribution < 1.29 is 9.21 Å². The first kappa shape index (κ1) is 19.8. The summed E-state index contributed by atoms with van der Waals surface area (Å²) in [6, 6.07) is 13.6. The van der Waals surface area contributed by atoms with Gasteiger partial charge in [-0.05, 0) is 55.6 Å². The van der Waals surface area contributed by atoms with Crippen molar-refractivity contribution in [2.24, 2.45) is 0 Å². The van der Waals surface area contributed by atoms with E-state index in [-0.39, 0.29) is 18.0 Å². The first-order valence-electron chi connectivity index (χ1n) is 10.1. The van der Waals surface area contributed by atoms with Gasteiger partial charge in [-0.25, -0.2) is 4.79 Å². The highest BCUT2D eigenvalue weighted by Gasteiger charge is 2.19. The van der Waals surface area contributed by atoms with E-state index in [1.165, 1.54) is 0 Å². The van der Waals surface area contributed by atoms with E-state index in [0.717, 1.165) is 24.9 Å². The number of hydrogen-bond donors (Lipinski definition) is 3. The van der Waals surface area contributed by atoms with Crippen molar-refractivity contribution in [3.63, 3.8) is 0 Å². The van der Waals surface area contributed by atoms with Crippen molar-refractivity contribution in [3.8, 4) is 0 Å². The van der Waals surface area contributed by atoms with Crippen LogP contribution in [0.5, 0.6) is 0 Å². The van der Waals surface area contributed by atoms with Gasteiger partial charge in [0.15, 0.2) is 0 Å². The van der Waals surface area contributed by atoms with Crippen LogP contribution in [0.2, 0.25) is 0 Å². The molecule has 0 radical (unpaired) electrons. The SMILES string of the molecule is Cc1c(NC(=O)CC2CCCN2)ccc2nc(NC=Cc3ccccc3)oc(=O)c12. The maximum absolute atomic E-state index is 12.6. The molecule has 2 aromatic carbocycles. The summed E-state index contributed by atoms with van der Waals surface area (Å²) in [5.74, 6) is -0.0708. The van der Waals surface area contributed by atoms with Gasteiger partial charge in [0.05, 0.1) is 10.9 Å². The third kappa shape index (κ3) is 4.58. The van der Waals surface area contributed by atoms with Crippen molar-refractivity contribution in [1.29, 1.82) is 0 Å². The predicted molar refractivity (Wildman–Crippen MR) is 118 cm³/mol. The van der Waals surface area contributed by atoms with E-state index >= 15 is 0 Å². The van der Waals surface area contributed by atoms with Crippen LogP contribution in [0.3, 0.4) is 0 Å². The molecule has 154 valence electrons. The Morgan fingerprint density at radius 1 is 1.27 bits per heavy atom. The summed E-state index contributed by atoms with van der Waals surface area (Å²) in [6.45, 7) is 2.74. The minimum atomic E-state index is -0.498. The molecule has 7 nitrogen and oxygen atoms in total. The molecule has 1 aliphatic rings. The number of nitrogens with zero attached hydrogens (tertiary/aromatic N) is 1. The zero-order chi connectivity index (χ0) is 20.9.